The van der Waals surface area contributed by atoms with Gasteiger partial charge in [0.05, 0.1) is 6.54 Å². The molecule has 0 bridgehead atoms. The third-order valence-electron chi connectivity index (χ3n) is 3.25. The summed E-state index contributed by atoms with van der Waals surface area (Å²) in [5.41, 5.74) is 0.839. The lowest BCUT2D eigenvalue weighted by Gasteiger charge is -2.11. The molecule has 0 spiro atoms. The second kappa shape index (κ2) is 8.22. The number of pyridine rings is 1. The van der Waals surface area contributed by atoms with Crippen molar-refractivity contribution >= 4 is 16.9 Å². The number of fused-ring (bicyclic) bond motifs is 1. The molecule has 0 aliphatic heterocycles. The fourth-order valence-corrected chi connectivity index (χ4v) is 2.06. The zero-order valence-corrected chi connectivity index (χ0v) is 13.1. The number of aromatic nitrogens is 1. The maximum atomic E-state index is 11.6. The van der Waals surface area contributed by atoms with Crippen molar-refractivity contribution in [2.75, 3.05) is 19.7 Å². The molecule has 0 saturated heterocycles. The molecular formula is C17H23N3O2. The van der Waals surface area contributed by atoms with Gasteiger partial charge < -0.3 is 15.4 Å². The molecule has 5 heteroatoms. The van der Waals surface area contributed by atoms with E-state index in [4.69, 9.17) is 4.74 Å². The summed E-state index contributed by atoms with van der Waals surface area (Å²) in [6.45, 7) is 5.82. The van der Waals surface area contributed by atoms with Gasteiger partial charge in [-0.15, -0.1) is 0 Å². The van der Waals surface area contributed by atoms with Gasteiger partial charge in [-0.05, 0) is 24.5 Å². The molecule has 0 radical (unpaired) electrons. The minimum absolute atomic E-state index is 0.153. The Labute approximate surface area is 131 Å². The first kappa shape index (κ1) is 16.1. The molecule has 1 aromatic carbocycles. The highest BCUT2D eigenvalue weighted by Crippen LogP contribution is 2.22. The summed E-state index contributed by atoms with van der Waals surface area (Å²) in [7, 11) is 0. The van der Waals surface area contributed by atoms with Gasteiger partial charge in [-0.2, -0.15) is 0 Å². The predicted octanol–water partition coefficient (Wildman–Crippen LogP) is 2.96. The predicted molar refractivity (Wildman–Crippen MR) is 88.1 cm³/mol. The van der Waals surface area contributed by atoms with Crippen LogP contribution in [0.5, 0.6) is 5.75 Å². The summed E-state index contributed by atoms with van der Waals surface area (Å²) in [5, 5.41) is 6.64. The third-order valence-corrected chi connectivity index (χ3v) is 3.25. The maximum Gasteiger partial charge on any atom is 0.314 e. The Kier molecular flexibility index (Phi) is 6.01. The molecule has 118 valence electrons. The van der Waals surface area contributed by atoms with Gasteiger partial charge in [0.25, 0.3) is 0 Å². The first-order chi connectivity index (χ1) is 10.7. The lowest BCUT2D eigenvalue weighted by molar-refractivity contribution is 0.236. The van der Waals surface area contributed by atoms with Gasteiger partial charge >= 0.3 is 6.03 Å². The number of carbonyl (C=O) groups is 1. The summed E-state index contributed by atoms with van der Waals surface area (Å²) >= 11 is 0. The molecule has 0 fully saturated rings. The maximum absolute atomic E-state index is 11.6. The number of hydrogen-bond donors (Lipinski definition) is 2. The number of carbonyl (C=O) groups excluding carboxylic acids is 1. The highest BCUT2D eigenvalue weighted by atomic mass is 16.5. The highest BCUT2D eigenvalue weighted by molar-refractivity contribution is 5.84. The molecule has 0 atom stereocenters. The minimum Gasteiger partial charge on any atom is -0.489 e. The standard InChI is InChI=1S/C17H23N3O2/c1-13(2)8-10-19-17(21)20-11-12-22-15-7-3-5-14-6-4-9-18-16(14)15/h3-7,9,13H,8,10-12H2,1-2H3,(H2,19,20,21). The first-order valence-corrected chi connectivity index (χ1v) is 7.65. The Morgan fingerprint density at radius 1 is 1.18 bits per heavy atom. The van der Waals surface area contributed by atoms with E-state index >= 15 is 0 Å². The molecule has 22 heavy (non-hydrogen) atoms. The lowest BCUT2D eigenvalue weighted by atomic mass is 10.1. The Bertz CT molecular complexity index is 608. The van der Waals surface area contributed by atoms with Crippen molar-refractivity contribution in [1.29, 1.82) is 0 Å². The lowest BCUT2D eigenvalue weighted by Crippen LogP contribution is -2.38. The fraction of sp³-hybridized carbons (Fsp3) is 0.412. The van der Waals surface area contributed by atoms with Crippen molar-refractivity contribution in [2.45, 2.75) is 20.3 Å². The van der Waals surface area contributed by atoms with Crippen LogP contribution in [0.25, 0.3) is 10.9 Å². The molecule has 0 aliphatic carbocycles. The topological polar surface area (TPSA) is 63.2 Å². The number of hydrogen-bond acceptors (Lipinski definition) is 3. The quantitative estimate of drug-likeness (QED) is 0.773. The minimum atomic E-state index is -0.153. The number of urea groups is 1. The van der Waals surface area contributed by atoms with Crippen LogP contribution < -0.4 is 15.4 Å². The summed E-state index contributed by atoms with van der Waals surface area (Å²) in [4.78, 5) is 15.9. The average Bonchev–Trinajstić information content (AvgIpc) is 2.51. The molecular weight excluding hydrogens is 278 g/mol. The second-order valence-electron chi connectivity index (χ2n) is 5.54. The number of ether oxygens (including phenoxy) is 1. The van der Waals surface area contributed by atoms with E-state index in [-0.39, 0.29) is 6.03 Å². The van der Waals surface area contributed by atoms with E-state index in [1.54, 1.807) is 6.20 Å². The van der Waals surface area contributed by atoms with Gasteiger partial charge in [0.1, 0.15) is 17.9 Å². The number of nitrogens with one attached hydrogen (secondary N) is 2. The van der Waals surface area contributed by atoms with Crippen molar-refractivity contribution in [3.63, 3.8) is 0 Å². The average molecular weight is 301 g/mol. The van der Waals surface area contributed by atoms with Crippen molar-refractivity contribution in [3.8, 4) is 5.75 Å². The van der Waals surface area contributed by atoms with E-state index in [1.165, 1.54) is 0 Å². The first-order valence-electron chi connectivity index (χ1n) is 7.65. The molecule has 2 rings (SSSR count). The molecule has 2 amide bonds. The zero-order valence-electron chi connectivity index (χ0n) is 13.1. The van der Waals surface area contributed by atoms with Crippen LogP contribution in [0.4, 0.5) is 4.79 Å². The van der Waals surface area contributed by atoms with Gasteiger partial charge in [-0.3, -0.25) is 4.98 Å². The van der Waals surface area contributed by atoms with Gasteiger partial charge in [-0.25, -0.2) is 4.79 Å². The van der Waals surface area contributed by atoms with Crippen LogP contribution in [0.15, 0.2) is 36.5 Å². The smallest absolute Gasteiger partial charge is 0.314 e. The number of rotatable bonds is 7. The molecule has 0 aliphatic rings. The van der Waals surface area contributed by atoms with E-state index in [9.17, 15) is 4.79 Å². The number of para-hydroxylation sites is 1. The van der Waals surface area contributed by atoms with Crippen LogP contribution in [-0.4, -0.2) is 30.7 Å². The molecule has 1 heterocycles. The molecule has 1 aromatic heterocycles. The largest absolute Gasteiger partial charge is 0.489 e. The molecule has 2 N–H and O–H groups in total. The monoisotopic (exact) mass is 301 g/mol. The van der Waals surface area contributed by atoms with Crippen LogP contribution in [0, 0.1) is 5.92 Å². The van der Waals surface area contributed by atoms with Crippen molar-refractivity contribution in [1.82, 2.24) is 15.6 Å². The van der Waals surface area contributed by atoms with Gasteiger partial charge in [-0.1, -0.05) is 32.0 Å². The van der Waals surface area contributed by atoms with Crippen molar-refractivity contribution < 1.29 is 9.53 Å². The van der Waals surface area contributed by atoms with E-state index < -0.39 is 0 Å². The number of benzene rings is 1. The van der Waals surface area contributed by atoms with E-state index in [0.29, 0.717) is 25.6 Å². The van der Waals surface area contributed by atoms with Crippen molar-refractivity contribution in [3.05, 3.63) is 36.5 Å². The van der Waals surface area contributed by atoms with E-state index in [1.807, 2.05) is 30.3 Å². The van der Waals surface area contributed by atoms with Gasteiger partial charge in [0, 0.05) is 18.1 Å². The summed E-state index contributed by atoms with van der Waals surface area (Å²) in [6, 6.07) is 9.56. The van der Waals surface area contributed by atoms with Gasteiger partial charge in [0.15, 0.2) is 0 Å². The normalized spacial score (nSPS) is 10.7. The summed E-state index contributed by atoms with van der Waals surface area (Å²) in [5.74, 6) is 1.32. The summed E-state index contributed by atoms with van der Waals surface area (Å²) < 4.78 is 5.71. The number of nitrogens with zero attached hydrogens (tertiary/aromatic N) is 1. The second-order valence-corrected chi connectivity index (χ2v) is 5.54. The van der Waals surface area contributed by atoms with Crippen LogP contribution in [-0.2, 0) is 0 Å². The Hall–Kier alpha value is -2.30. The summed E-state index contributed by atoms with van der Waals surface area (Å²) in [6.07, 6.45) is 2.72. The third kappa shape index (κ3) is 4.91. The van der Waals surface area contributed by atoms with Crippen molar-refractivity contribution in [2.24, 2.45) is 5.92 Å². The zero-order chi connectivity index (χ0) is 15.8. The Morgan fingerprint density at radius 2 is 1.95 bits per heavy atom. The number of amides is 2. The van der Waals surface area contributed by atoms with Crippen LogP contribution in [0.2, 0.25) is 0 Å². The van der Waals surface area contributed by atoms with E-state index in [2.05, 4.69) is 29.5 Å². The molecule has 5 nitrogen and oxygen atoms in total. The Balaban J connectivity index is 1.73. The highest BCUT2D eigenvalue weighted by Gasteiger charge is 2.03. The molecule has 0 unspecified atom stereocenters. The fourth-order valence-electron chi connectivity index (χ4n) is 2.06. The van der Waals surface area contributed by atoms with E-state index in [0.717, 1.165) is 23.1 Å². The SMILES string of the molecule is CC(C)CCNC(=O)NCCOc1cccc2cccnc12. The molecule has 0 saturated carbocycles. The van der Waals surface area contributed by atoms with Gasteiger partial charge in [0.2, 0.25) is 0 Å². The van der Waals surface area contributed by atoms with Crippen LogP contribution in [0.3, 0.4) is 0 Å². The van der Waals surface area contributed by atoms with Crippen LogP contribution in [0.1, 0.15) is 20.3 Å². The van der Waals surface area contributed by atoms with Crippen LogP contribution >= 0.6 is 0 Å². The Morgan fingerprint density at radius 3 is 2.77 bits per heavy atom. The molecule has 2 aromatic rings.